The van der Waals surface area contributed by atoms with Gasteiger partial charge in [0.2, 0.25) is 0 Å². The molecular weight excluding hydrogens is 256 g/mol. The largest absolute Gasteiger partial charge is 0.493 e. The first-order valence-corrected chi connectivity index (χ1v) is 6.15. The Hall–Kier alpha value is -2.49. The lowest BCUT2D eigenvalue weighted by Gasteiger charge is -2.10. The molecule has 0 heterocycles. The molecule has 0 aliphatic rings. The molecule has 2 aromatic rings. The molecule has 0 N–H and O–H groups in total. The molecule has 0 unspecified atom stereocenters. The van der Waals surface area contributed by atoms with Crippen LogP contribution in [-0.2, 0) is 0 Å². The van der Waals surface area contributed by atoms with E-state index >= 15 is 0 Å². The standard InChI is InChI=1S/C16H16O4/c1-11(17)12-4-6-13(7-5-12)20-14-8-9-15(18-2)16(10-14)19-3/h4-10H,1-3H3. The second kappa shape index (κ2) is 6.10. The predicted octanol–water partition coefficient (Wildman–Crippen LogP) is 3.70. The predicted molar refractivity (Wildman–Crippen MR) is 76.1 cm³/mol. The Morgan fingerprint density at radius 1 is 0.850 bits per heavy atom. The van der Waals surface area contributed by atoms with Gasteiger partial charge in [0.25, 0.3) is 0 Å². The Balaban J connectivity index is 2.19. The molecule has 2 aromatic carbocycles. The van der Waals surface area contributed by atoms with Gasteiger partial charge in [-0.15, -0.1) is 0 Å². The highest BCUT2D eigenvalue weighted by Gasteiger charge is 2.06. The number of ether oxygens (including phenoxy) is 3. The quantitative estimate of drug-likeness (QED) is 0.778. The first-order valence-electron chi connectivity index (χ1n) is 6.15. The molecule has 0 bridgehead atoms. The molecule has 104 valence electrons. The number of ketones is 1. The molecule has 2 rings (SSSR count). The van der Waals surface area contributed by atoms with Crippen LogP contribution in [0.4, 0.5) is 0 Å². The van der Waals surface area contributed by atoms with Crippen molar-refractivity contribution < 1.29 is 19.0 Å². The molecular formula is C16H16O4. The SMILES string of the molecule is COc1ccc(Oc2ccc(C(C)=O)cc2)cc1OC. The lowest BCUT2D eigenvalue weighted by Crippen LogP contribution is -1.93. The summed E-state index contributed by atoms with van der Waals surface area (Å²) in [6.45, 7) is 1.53. The number of hydrogen-bond donors (Lipinski definition) is 0. The summed E-state index contributed by atoms with van der Waals surface area (Å²) >= 11 is 0. The third kappa shape index (κ3) is 3.09. The molecule has 4 heteroatoms. The molecule has 0 aliphatic carbocycles. The number of carbonyl (C=O) groups is 1. The minimum absolute atomic E-state index is 0.0302. The zero-order valence-electron chi connectivity index (χ0n) is 11.7. The van der Waals surface area contributed by atoms with Crippen molar-refractivity contribution in [2.45, 2.75) is 6.92 Å². The van der Waals surface area contributed by atoms with Crippen molar-refractivity contribution >= 4 is 5.78 Å². The topological polar surface area (TPSA) is 44.8 Å². The summed E-state index contributed by atoms with van der Waals surface area (Å²) in [5.41, 5.74) is 0.657. The van der Waals surface area contributed by atoms with Gasteiger partial charge in [-0.2, -0.15) is 0 Å². The highest BCUT2D eigenvalue weighted by molar-refractivity contribution is 5.94. The fourth-order valence-electron chi connectivity index (χ4n) is 1.77. The van der Waals surface area contributed by atoms with Crippen LogP contribution < -0.4 is 14.2 Å². The van der Waals surface area contributed by atoms with Gasteiger partial charge in [0.15, 0.2) is 17.3 Å². The monoisotopic (exact) mass is 272 g/mol. The number of benzene rings is 2. The van der Waals surface area contributed by atoms with Crippen molar-refractivity contribution in [3.8, 4) is 23.0 Å². The lowest BCUT2D eigenvalue weighted by molar-refractivity contribution is 0.101. The van der Waals surface area contributed by atoms with E-state index in [-0.39, 0.29) is 5.78 Å². The van der Waals surface area contributed by atoms with Crippen LogP contribution in [0.2, 0.25) is 0 Å². The van der Waals surface area contributed by atoms with Crippen LogP contribution >= 0.6 is 0 Å². The smallest absolute Gasteiger partial charge is 0.164 e. The maximum atomic E-state index is 11.2. The van der Waals surface area contributed by atoms with Gasteiger partial charge in [0, 0.05) is 11.6 Å². The molecule has 0 aromatic heterocycles. The number of hydrogen-bond acceptors (Lipinski definition) is 4. The van der Waals surface area contributed by atoms with Crippen LogP contribution in [0.15, 0.2) is 42.5 Å². The van der Waals surface area contributed by atoms with Gasteiger partial charge in [0.05, 0.1) is 14.2 Å². The van der Waals surface area contributed by atoms with E-state index in [0.29, 0.717) is 28.6 Å². The zero-order chi connectivity index (χ0) is 14.5. The Morgan fingerprint density at radius 2 is 1.45 bits per heavy atom. The normalized spacial score (nSPS) is 9.95. The first-order chi connectivity index (χ1) is 9.63. The Bertz CT molecular complexity index is 602. The van der Waals surface area contributed by atoms with E-state index in [4.69, 9.17) is 14.2 Å². The molecule has 0 spiro atoms. The fraction of sp³-hybridized carbons (Fsp3) is 0.188. The molecule has 20 heavy (non-hydrogen) atoms. The minimum Gasteiger partial charge on any atom is -0.493 e. The summed E-state index contributed by atoms with van der Waals surface area (Å²) in [7, 11) is 3.15. The fourth-order valence-corrected chi connectivity index (χ4v) is 1.77. The molecule has 0 amide bonds. The van der Waals surface area contributed by atoms with Gasteiger partial charge in [-0.3, -0.25) is 4.79 Å². The molecule has 0 radical (unpaired) electrons. The number of methoxy groups -OCH3 is 2. The van der Waals surface area contributed by atoms with Crippen LogP contribution in [0.1, 0.15) is 17.3 Å². The molecule has 4 nitrogen and oxygen atoms in total. The third-order valence-electron chi connectivity index (χ3n) is 2.85. The van der Waals surface area contributed by atoms with Crippen LogP contribution in [0.25, 0.3) is 0 Å². The summed E-state index contributed by atoms with van der Waals surface area (Å²) < 4.78 is 16.1. The molecule has 0 aliphatic heterocycles. The number of rotatable bonds is 5. The van der Waals surface area contributed by atoms with E-state index < -0.39 is 0 Å². The van der Waals surface area contributed by atoms with E-state index in [2.05, 4.69) is 0 Å². The molecule has 0 saturated heterocycles. The number of Topliss-reactive ketones (excluding diaryl/α,β-unsaturated/α-hetero) is 1. The van der Waals surface area contributed by atoms with Gasteiger partial charge in [-0.25, -0.2) is 0 Å². The summed E-state index contributed by atoms with van der Waals surface area (Å²) in [6, 6.07) is 12.3. The van der Waals surface area contributed by atoms with Crippen molar-refractivity contribution in [1.82, 2.24) is 0 Å². The Kier molecular flexibility index (Phi) is 4.25. The average Bonchev–Trinajstić information content (AvgIpc) is 2.47. The molecule has 0 fully saturated rings. The summed E-state index contributed by atoms with van der Waals surface area (Å²) in [5.74, 6) is 2.57. The van der Waals surface area contributed by atoms with E-state index in [1.54, 1.807) is 56.7 Å². The highest BCUT2D eigenvalue weighted by Crippen LogP contribution is 2.33. The van der Waals surface area contributed by atoms with Crippen molar-refractivity contribution in [3.63, 3.8) is 0 Å². The van der Waals surface area contributed by atoms with Crippen molar-refractivity contribution in [2.24, 2.45) is 0 Å². The van der Waals surface area contributed by atoms with Gasteiger partial charge in [-0.1, -0.05) is 0 Å². The van der Waals surface area contributed by atoms with Crippen LogP contribution in [-0.4, -0.2) is 20.0 Å². The third-order valence-corrected chi connectivity index (χ3v) is 2.85. The van der Waals surface area contributed by atoms with E-state index in [1.807, 2.05) is 0 Å². The van der Waals surface area contributed by atoms with Crippen LogP contribution in [0.3, 0.4) is 0 Å². The first kappa shape index (κ1) is 13.9. The second-order valence-corrected chi connectivity index (χ2v) is 4.20. The van der Waals surface area contributed by atoms with Crippen molar-refractivity contribution in [2.75, 3.05) is 14.2 Å². The number of carbonyl (C=O) groups excluding carboxylic acids is 1. The van der Waals surface area contributed by atoms with E-state index in [1.165, 1.54) is 6.92 Å². The maximum Gasteiger partial charge on any atom is 0.164 e. The summed E-state index contributed by atoms with van der Waals surface area (Å²) in [6.07, 6.45) is 0. The zero-order valence-corrected chi connectivity index (χ0v) is 11.7. The van der Waals surface area contributed by atoms with Gasteiger partial charge in [-0.05, 0) is 43.3 Å². The van der Waals surface area contributed by atoms with E-state index in [0.717, 1.165) is 0 Å². The molecule has 0 saturated carbocycles. The van der Waals surface area contributed by atoms with Crippen LogP contribution in [0, 0.1) is 0 Å². The summed E-state index contributed by atoms with van der Waals surface area (Å²) in [4.78, 5) is 11.2. The van der Waals surface area contributed by atoms with Crippen LogP contribution in [0.5, 0.6) is 23.0 Å². The maximum absolute atomic E-state index is 11.2. The molecule has 0 atom stereocenters. The second-order valence-electron chi connectivity index (χ2n) is 4.20. The Labute approximate surface area is 117 Å². The van der Waals surface area contributed by atoms with E-state index in [9.17, 15) is 4.79 Å². The average molecular weight is 272 g/mol. The summed E-state index contributed by atoms with van der Waals surface area (Å²) in [5, 5.41) is 0. The van der Waals surface area contributed by atoms with Crippen molar-refractivity contribution in [3.05, 3.63) is 48.0 Å². The lowest BCUT2D eigenvalue weighted by atomic mass is 10.1. The Morgan fingerprint density at radius 3 is 2.00 bits per heavy atom. The highest BCUT2D eigenvalue weighted by atomic mass is 16.5. The van der Waals surface area contributed by atoms with Gasteiger partial charge < -0.3 is 14.2 Å². The minimum atomic E-state index is 0.0302. The van der Waals surface area contributed by atoms with Gasteiger partial charge in [0.1, 0.15) is 11.5 Å². The van der Waals surface area contributed by atoms with Gasteiger partial charge >= 0.3 is 0 Å². The van der Waals surface area contributed by atoms with Crippen molar-refractivity contribution in [1.29, 1.82) is 0 Å².